The van der Waals surface area contributed by atoms with Crippen LogP contribution in [0.25, 0.3) is 5.82 Å². The van der Waals surface area contributed by atoms with Gasteiger partial charge in [-0.3, -0.25) is 4.79 Å². The summed E-state index contributed by atoms with van der Waals surface area (Å²) in [4.78, 5) is 21.1. The lowest BCUT2D eigenvalue weighted by atomic mass is 9.88. The number of nitrogens with zero attached hydrogens (tertiary/aromatic N) is 4. The molecule has 0 bridgehead atoms. The molecule has 2 aromatic carbocycles. The molecule has 0 aliphatic carbocycles. The second-order valence-corrected chi connectivity index (χ2v) is 6.34. The number of hydrogen-bond acceptors (Lipinski definition) is 4. The van der Waals surface area contributed by atoms with Gasteiger partial charge in [0.1, 0.15) is 12.1 Å². The summed E-state index contributed by atoms with van der Waals surface area (Å²) >= 11 is 0. The molecule has 0 spiro atoms. The molecule has 4 rings (SSSR count). The van der Waals surface area contributed by atoms with Gasteiger partial charge in [-0.1, -0.05) is 60.7 Å². The Hall–Kier alpha value is -3.80. The molecule has 2 aromatic heterocycles. The van der Waals surface area contributed by atoms with Crippen LogP contribution in [0, 0.1) is 0 Å². The predicted octanol–water partition coefficient (Wildman–Crippen LogP) is 3.82. The van der Waals surface area contributed by atoms with Gasteiger partial charge in [0.25, 0.3) is 0 Å². The first-order chi connectivity index (χ1) is 13.8. The Morgan fingerprint density at radius 2 is 1.61 bits per heavy atom. The van der Waals surface area contributed by atoms with Crippen molar-refractivity contribution in [3.05, 3.63) is 103 Å². The average Bonchev–Trinajstić information content (AvgIpc) is 3.29. The van der Waals surface area contributed by atoms with Crippen LogP contribution in [0.5, 0.6) is 0 Å². The fourth-order valence-electron chi connectivity index (χ4n) is 3.12. The van der Waals surface area contributed by atoms with Crippen molar-refractivity contribution < 1.29 is 4.79 Å². The number of carbonyl (C=O) groups excluding carboxylic acids is 1. The van der Waals surface area contributed by atoms with Gasteiger partial charge < -0.3 is 5.32 Å². The standard InChI is InChI=1S/C22H19N5O/c28-22(26-20-15-21(24-16-23-20)27-13-7-12-25-27)14-19(17-8-3-1-4-9-17)18-10-5-2-6-11-18/h1-13,15-16,19H,14H2,(H,23,24,26,28). The second kappa shape index (κ2) is 8.26. The van der Waals surface area contributed by atoms with E-state index in [0.717, 1.165) is 11.1 Å². The van der Waals surface area contributed by atoms with Crippen molar-refractivity contribution in [2.45, 2.75) is 12.3 Å². The molecule has 0 fully saturated rings. The summed E-state index contributed by atoms with van der Waals surface area (Å²) in [6.07, 6.45) is 5.19. The number of rotatable bonds is 6. The molecule has 1 N–H and O–H groups in total. The zero-order valence-electron chi connectivity index (χ0n) is 15.1. The SMILES string of the molecule is O=C(CC(c1ccccc1)c1ccccc1)Nc1cc(-n2cccn2)ncn1. The van der Waals surface area contributed by atoms with Crippen molar-refractivity contribution in [1.29, 1.82) is 0 Å². The van der Waals surface area contributed by atoms with Crippen LogP contribution in [0.4, 0.5) is 5.82 Å². The van der Waals surface area contributed by atoms with E-state index in [2.05, 4.69) is 20.4 Å². The van der Waals surface area contributed by atoms with Crippen molar-refractivity contribution in [3.63, 3.8) is 0 Å². The van der Waals surface area contributed by atoms with E-state index >= 15 is 0 Å². The molecular weight excluding hydrogens is 350 g/mol. The lowest BCUT2D eigenvalue weighted by molar-refractivity contribution is -0.116. The Balaban J connectivity index is 1.53. The van der Waals surface area contributed by atoms with Gasteiger partial charge in [-0.05, 0) is 17.2 Å². The summed E-state index contributed by atoms with van der Waals surface area (Å²) < 4.78 is 1.62. The van der Waals surface area contributed by atoms with E-state index in [1.165, 1.54) is 6.33 Å². The number of nitrogens with one attached hydrogen (secondary N) is 1. The normalized spacial score (nSPS) is 10.8. The quantitative estimate of drug-likeness (QED) is 0.561. The summed E-state index contributed by atoms with van der Waals surface area (Å²) in [6.45, 7) is 0. The third-order valence-electron chi connectivity index (χ3n) is 4.45. The van der Waals surface area contributed by atoms with Crippen LogP contribution in [0.1, 0.15) is 23.5 Å². The molecule has 0 saturated heterocycles. The molecule has 0 aliphatic rings. The Labute approximate surface area is 162 Å². The second-order valence-electron chi connectivity index (χ2n) is 6.34. The fourth-order valence-corrected chi connectivity index (χ4v) is 3.12. The van der Waals surface area contributed by atoms with Gasteiger partial charge in [-0.25, -0.2) is 14.6 Å². The van der Waals surface area contributed by atoms with E-state index in [1.807, 2.05) is 66.7 Å². The van der Waals surface area contributed by atoms with E-state index in [0.29, 0.717) is 18.1 Å². The topological polar surface area (TPSA) is 72.7 Å². The Morgan fingerprint density at radius 1 is 0.929 bits per heavy atom. The lowest BCUT2D eigenvalue weighted by Gasteiger charge is -2.17. The Kier molecular flexibility index (Phi) is 5.20. The van der Waals surface area contributed by atoms with Crippen molar-refractivity contribution in [1.82, 2.24) is 19.7 Å². The fraction of sp³-hybridized carbons (Fsp3) is 0.0909. The smallest absolute Gasteiger partial charge is 0.226 e. The summed E-state index contributed by atoms with van der Waals surface area (Å²) in [5.74, 6) is 0.904. The average molecular weight is 369 g/mol. The first kappa shape index (κ1) is 17.6. The predicted molar refractivity (Wildman–Crippen MR) is 107 cm³/mol. The van der Waals surface area contributed by atoms with Crippen LogP contribution in [-0.4, -0.2) is 25.7 Å². The maximum Gasteiger partial charge on any atom is 0.226 e. The number of benzene rings is 2. The molecule has 138 valence electrons. The van der Waals surface area contributed by atoms with Crippen LogP contribution >= 0.6 is 0 Å². The van der Waals surface area contributed by atoms with Crippen molar-refractivity contribution in [3.8, 4) is 5.82 Å². The van der Waals surface area contributed by atoms with Crippen molar-refractivity contribution in [2.75, 3.05) is 5.32 Å². The van der Waals surface area contributed by atoms with E-state index in [9.17, 15) is 4.79 Å². The van der Waals surface area contributed by atoms with Gasteiger partial charge in [0.2, 0.25) is 5.91 Å². The highest BCUT2D eigenvalue weighted by Crippen LogP contribution is 2.28. The van der Waals surface area contributed by atoms with E-state index < -0.39 is 0 Å². The summed E-state index contributed by atoms with van der Waals surface area (Å²) in [7, 11) is 0. The minimum Gasteiger partial charge on any atom is -0.311 e. The van der Waals surface area contributed by atoms with Crippen LogP contribution in [0.3, 0.4) is 0 Å². The number of hydrogen-bond donors (Lipinski definition) is 1. The summed E-state index contributed by atoms with van der Waals surface area (Å²) in [6, 6.07) is 23.6. The molecule has 0 aliphatic heterocycles. The highest BCUT2D eigenvalue weighted by molar-refractivity contribution is 5.90. The molecule has 2 heterocycles. The maximum absolute atomic E-state index is 12.8. The lowest BCUT2D eigenvalue weighted by Crippen LogP contribution is -2.17. The maximum atomic E-state index is 12.8. The molecule has 4 aromatic rings. The van der Waals surface area contributed by atoms with Gasteiger partial charge in [0.15, 0.2) is 5.82 Å². The highest BCUT2D eigenvalue weighted by Gasteiger charge is 2.18. The number of anilines is 1. The van der Waals surface area contributed by atoms with Gasteiger partial charge in [0.05, 0.1) is 0 Å². The number of carbonyl (C=O) groups is 1. The van der Waals surface area contributed by atoms with Gasteiger partial charge >= 0.3 is 0 Å². The Morgan fingerprint density at radius 3 is 2.21 bits per heavy atom. The molecule has 0 atom stereocenters. The molecule has 1 amide bonds. The minimum absolute atomic E-state index is 0.0326. The Bertz CT molecular complexity index is 993. The van der Waals surface area contributed by atoms with Crippen LogP contribution in [0.15, 0.2) is 91.5 Å². The zero-order valence-corrected chi connectivity index (χ0v) is 15.1. The molecular formula is C22H19N5O. The molecule has 0 radical (unpaired) electrons. The monoisotopic (exact) mass is 369 g/mol. The number of aromatic nitrogens is 4. The minimum atomic E-state index is -0.108. The number of amides is 1. The third-order valence-corrected chi connectivity index (χ3v) is 4.45. The molecule has 6 heteroatoms. The molecule has 6 nitrogen and oxygen atoms in total. The molecule has 0 saturated carbocycles. The van der Waals surface area contributed by atoms with E-state index in [-0.39, 0.29) is 11.8 Å². The highest BCUT2D eigenvalue weighted by atomic mass is 16.1. The van der Waals surface area contributed by atoms with Gasteiger partial charge in [-0.15, -0.1) is 0 Å². The molecule has 28 heavy (non-hydrogen) atoms. The van der Waals surface area contributed by atoms with E-state index in [4.69, 9.17) is 0 Å². The zero-order chi connectivity index (χ0) is 19.2. The third kappa shape index (κ3) is 4.12. The van der Waals surface area contributed by atoms with Gasteiger partial charge in [0, 0.05) is 30.8 Å². The largest absolute Gasteiger partial charge is 0.311 e. The van der Waals surface area contributed by atoms with E-state index in [1.54, 1.807) is 23.1 Å². The molecule has 0 unspecified atom stereocenters. The first-order valence-corrected chi connectivity index (χ1v) is 9.01. The summed E-state index contributed by atoms with van der Waals surface area (Å²) in [5.41, 5.74) is 2.20. The van der Waals surface area contributed by atoms with Crippen LogP contribution in [-0.2, 0) is 4.79 Å². The van der Waals surface area contributed by atoms with Gasteiger partial charge in [-0.2, -0.15) is 5.10 Å². The van der Waals surface area contributed by atoms with Crippen molar-refractivity contribution >= 4 is 11.7 Å². The summed E-state index contributed by atoms with van der Waals surface area (Å²) in [5, 5.41) is 7.03. The van der Waals surface area contributed by atoms with Crippen LogP contribution in [0.2, 0.25) is 0 Å². The van der Waals surface area contributed by atoms with Crippen LogP contribution < -0.4 is 5.32 Å². The van der Waals surface area contributed by atoms with Crippen molar-refractivity contribution in [2.24, 2.45) is 0 Å². The first-order valence-electron chi connectivity index (χ1n) is 9.01.